The van der Waals surface area contributed by atoms with Crippen LogP contribution in [0, 0.1) is 13.8 Å². The maximum Gasteiger partial charge on any atom is 0.256 e. The van der Waals surface area contributed by atoms with Gasteiger partial charge in [-0.25, -0.2) is 0 Å². The molecular weight excluding hydrogens is 238 g/mol. The number of carbonyl (C=O) groups is 1. The SMILES string of the molecule is Cc1cc(C(=O)N(CCCl)C2CC2)c(C)nn1. The van der Waals surface area contributed by atoms with Gasteiger partial charge in [0.05, 0.1) is 17.0 Å². The lowest BCUT2D eigenvalue weighted by atomic mass is 10.1. The van der Waals surface area contributed by atoms with Crippen LogP contribution in [-0.2, 0) is 0 Å². The van der Waals surface area contributed by atoms with E-state index >= 15 is 0 Å². The summed E-state index contributed by atoms with van der Waals surface area (Å²) in [6.07, 6.45) is 2.17. The van der Waals surface area contributed by atoms with Crippen LogP contribution in [0.15, 0.2) is 6.07 Å². The number of rotatable bonds is 4. The Morgan fingerprint density at radius 1 is 1.47 bits per heavy atom. The van der Waals surface area contributed by atoms with Crippen LogP contribution in [0.25, 0.3) is 0 Å². The third-order valence-corrected chi connectivity index (χ3v) is 3.07. The minimum absolute atomic E-state index is 0.0312. The summed E-state index contributed by atoms with van der Waals surface area (Å²) in [5.41, 5.74) is 2.09. The Balaban J connectivity index is 2.24. The Morgan fingerprint density at radius 2 is 2.18 bits per heavy atom. The molecule has 0 aromatic carbocycles. The van der Waals surface area contributed by atoms with Gasteiger partial charge in [0.2, 0.25) is 0 Å². The van der Waals surface area contributed by atoms with Crippen LogP contribution in [-0.4, -0.2) is 39.5 Å². The van der Waals surface area contributed by atoms with Crippen molar-refractivity contribution in [2.45, 2.75) is 32.7 Å². The monoisotopic (exact) mass is 253 g/mol. The first-order chi connectivity index (χ1) is 8.13. The van der Waals surface area contributed by atoms with Crippen LogP contribution in [0.5, 0.6) is 0 Å². The van der Waals surface area contributed by atoms with Gasteiger partial charge < -0.3 is 4.90 Å². The van der Waals surface area contributed by atoms with E-state index in [0.29, 0.717) is 29.7 Å². The van der Waals surface area contributed by atoms with E-state index in [1.165, 1.54) is 0 Å². The first-order valence-electron chi connectivity index (χ1n) is 5.81. The predicted octanol–water partition coefficient (Wildman–Crippen LogP) is 1.94. The molecule has 1 aliphatic rings. The van der Waals surface area contributed by atoms with Gasteiger partial charge in [0.15, 0.2) is 0 Å². The van der Waals surface area contributed by atoms with Crippen molar-refractivity contribution in [3.63, 3.8) is 0 Å². The van der Waals surface area contributed by atoms with Gasteiger partial charge in [-0.1, -0.05) is 0 Å². The highest BCUT2D eigenvalue weighted by Gasteiger charge is 2.33. The van der Waals surface area contributed by atoms with E-state index in [1.54, 1.807) is 6.07 Å². The Morgan fingerprint density at radius 3 is 2.76 bits per heavy atom. The molecule has 0 bridgehead atoms. The van der Waals surface area contributed by atoms with Crippen LogP contribution < -0.4 is 0 Å². The zero-order valence-corrected chi connectivity index (χ0v) is 10.9. The molecule has 1 aromatic heterocycles. The summed E-state index contributed by atoms with van der Waals surface area (Å²) in [7, 11) is 0. The van der Waals surface area contributed by atoms with Crippen LogP contribution >= 0.6 is 11.6 Å². The Kier molecular flexibility index (Phi) is 3.62. The molecule has 0 aliphatic heterocycles. The van der Waals surface area contributed by atoms with E-state index in [9.17, 15) is 4.79 Å². The molecule has 92 valence electrons. The molecule has 1 amide bonds. The van der Waals surface area contributed by atoms with E-state index in [1.807, 2.05) is 18.7 Å². The second kappa shape index (κ2) is 5.00. The molecule has 2 rings (SSSR count). The summed E-state index contributed by atoms with van der Waals surface area (Å²) >= 11 is 5.75. The topological polar surface area (TPSA) is 46.1 Å². The van der Waals surface area contributed by atoms with Gasteiger partial charge in [-0.15, -0.1) is 11.6 Å². The molecule has 17 heavy (non-hydrogen) atoms. The zero-order chi connectivity index (χ0) is 12.4. The molecule has 1 aromatic rings. The summed E-state index contributed by atoms with van der Waals surface area (Å²) in [6.45, 7) is 4.25. The number of hydrogen-bond acceptors (Lipinski definition) is 3. The number of aryl methyl sites for hydroxylation is 2. The fraction of sp³-hybridized carbons (Fsp3) is 0.583. The first kappa shape index (κ1) is 12.3. The largest absolute Gasteiger partial charge is 0.334 e. The van der Waals surface area contributed by atoms with E-state index in [2.05, 4.69) is 10.2 Å². The average Bonchev–Trinajstić information content (AvgIpc) is 3.12. The fourth-order valence-electron chi connectivity index (χ4n) is 1.85. The van der Waals surface area contributed by atoms with Gasteiger partial charge in [-0.05, 0) is 32.8 Å². The predicted molar refractivity (Wildman–Crippen MR) is 66.3 cm³/mol. The quantitative estimate of drug-likeness (QED) is 0.771. The van der Waals surface area contributed by atoms with E-state index in [0.717, 1.165) is 18.5 Å². The second-order valence-electron chi connectivity index (χ2n) is 4.40. The number of hydrogen-bond donors (Lipinski definition) is 0. The lowest BCUT2D eigenvalue weighted by Gasteiger charge is -2.21. The molecule has 0 unspecified atom stereocenters. The van der Waals surface area contributed by atoms with Crippen molar-refractivity contribution in [1.82, 2.24) is 15.1 Å². The zero-order valence-electron chi connectivity index (χ0n) is 10.1. The second-order valence-corrected chi connectivity index (χ2v) is 4.78. The number of carbonyl (C=O) groups excluding carboxylic acids is 1. The van der Waals surface area contributed by atoms with Crippen LogP contribution in [0.4, 0.5) is 0 Å². The lowest BCUT2D eigenvalue weighted by Crippen LogP contribution is -2.35. The minimum atomic E-state index is 0.0312. The molecule has 0 saturated heterocycles. The van der Waals surface area contributed by atoms with Gasteiger partial charge in [0.1, 0.15) is 0 Å². The van der Waals surface area contributed by atoms with E-state index in [-0.39, 0.29) is 5.91 Å². The number of amides is 1. The molecule has 0 atom stereocenters. The highest BCUT2D eigenvalue weighted by atomic mass is 35.5. The highest BCUT2D eigenvalue weighted by molar-refractivity contribution is 6.18. The van der Waals surface area contributed by atoms with E-state index < -0.39 is 0 Å². The molecule has 1 heterocycles. The van der Waals surface area contributed by atoms with Crippen molar-refractivity contribution < 1.29 is 4.79 Å². The lowest BCUT2D eigenvalue weighted by molar-refractivity contribution is 0.0752. The Bertz CT molecular complexity index is 432. The van der Waals surface area contributed by atoms with Crippen molar-refractivity contribution in [2.24, 2.45) is 0 Å². The molecule has 0 spiro atoms. The number of halogens is 1. The summed E-state index contributed by atoms with van der Waals surface area (Å²) < 4.78 is 0. The van der Waals surface area contributed by atoms with Crippen molar-refractivity contribution in [3.8, 4) is 0 Å². The molecular formula is C12H16ClN3O. The molecule has 0 radical (unpaired) electrons. The first-order valence-corrected chi connectivity index (χ1v) is 6.35. The van der Waals surface area contributed by atoms with Crippen molar-refractivity contribution in [1.29, 1.82) is 0 Å². The maximum atomic E-state index is 12.4. The average molecular weight is 254 g/mol. The summed E-state index contributed by atoms with van der Waals surface area (Å²) in [5, 5.41) is 7.93. The summed E-state index contributed by atoms with van der Waals surface area (Å²) in [5.74, 6) is 0.502. The molecule has 5 heteroatoms. The smallest absolute Gasteiger partial charge is 0.256 e. The summed E-state index contributed by atoms with van der Waals surface area (Å²) in [6, 6.07) is 2.17. The normalized spacial score (nSPS) is 14.8. The number of nitrogens with zero attached hydrogens (tertiary/aromatic N) is 3. The van der Waals surface area contributed by atoms with Crippen LogP contribution in [0.3, 0.4) is 0 Å². The Hall–Kier alpha value is -1.16. The molecule has 1 saturated carbocycles. The molecule has 4 nitrogen and oxygen atoms in total. The van der Waals surface area contributed by atoms with Crippen molar-refractivity contribution in [3.05, 3.63) is 23.0 Å². The summed E-state index contributed by atoms with van der Waals surface area (Å²) in [4.78, 5) is 14.2. The standard InChI is InChI=1S/C12H16ClN3O/c1-8-7-11(9(2)15-14-8)12(17)16(6-5-13)10-3-4-10/h7,10H,3-6H2,1-2H3. The van der Waals surface area contributed by atoms with E-state index in [4.69, 9.17) is 11.6 Å². The van der Waals surface area contributed by atoms with Gasteiger partial charge in [0, 0.05) is 18.5 Å². The van der Waals surface area contributed by atoms with Gasteiger partial charge in [-0.3, -0.25) is 4.79 Å². The fourth-order valence-corrected chi connectivity index (χ4v) is 2.03. The van der Waals surface area contributed by atoms with Crippen LogP contribution in [0.1, 0.15) is 34.6 Å². The number of aromatic nitrogens is 2. The third-order valence-electron chi connectivity index (χ3n) is 2.91. The Labute approximate surface area is 106 Å². The van der Waals surface area contributed by atoms with Crippen molar-refractivity contribution in [2.75, 3.05) is 12.4 Å². The highest BCUT2D eigenvalue weighted by Crippen LogP contribution is 2.28. The van der Waals surface area contributed by atoms with Gasteiger partial charge in [0.25, 0.3) is 5.91 Å². The molecule has 1 aliphatic carbocycles. The maximum absolute atomic E-state index is 12.4. The minimum Gasteiger partial charge on any atom is -0.334 e. The van der Waals surface area contributed by atoms with Crippen LogP contribution in [0.2, 0.25) is 0 Å². The van der Waals surface area contributed by atoms with Crippen molar-refractivity contribution >= 4 is 17.5 Å². The van der Waals surface area contributed by atoms with Gasteiger partial charge in [-0.2, -0.15) is 10.2 Å². The van der Waals surface area contributed by atoms with Gasteiger partial charge >= 0.3 is 0 Å². The number of alkyl halides is 1. The molecule has 0 N–H and O–H groups in total. The molecule has 1 fully saturated rings. The third kappa shape index (κ3) is 2.75.